The molecule has 4 nitrogen and oxygen atoms in total. The first-order valence-electron chi connectivity index (χ1n) is 12.3. The largest absolute Gasteiger partial charge is 0.490 e. The van der Waals surface area contributed by atoms with Gasteiger partial charge in [0.05, 0.1) is 13.7 Å². The summed E-state index contributed by atoms with van der Waals surface area (Å²) >= 11 is 0. The lowest BCUT2D eigenvalue weighted by molar-refractivity contribution is -0.140. The van der Waals surface area contributed by atoms with E-state index in [1.165, 1.54) is 52.1 Å². The molecule has 1 aromatic rings. The zero-order chi connectivity index (χ0) is 22.6. The van der Waals surface area contributed by atoms with Crippen molar-refractivity contribution in [3.05, 3.63) is 36.4 Å². The van der Waals surface area contributed by atoms with Crippen LogP contribution in [0.25, 0.3) is 0 Å². The van der Waals surface area contributed by atoms with Crippen LogP contribution in [0.3, 0.4) is 0 Å². The van der Waals surface area contributed by atoms with Gasteiger partial charge >= 0.3 is 5.97 Å². The van der Waals surface area contributed by atoms with E-state index in [1.807, 2.05) is 31.2 Å². The summed E-state index contributed by atoms with van der Waals surface area (Å²) in [5.74, 6) is 1.59. The molecule has 1 aromatic carbocycles. The highest BCUT2D eigenvalue weighted by Gasteiger charge is 2.12. The molecule has 1 unspecified atom stereocenters. The molecule has 0 saturated carbocycles. The van der Waals surface area contributed by atoms with Gasteiger partial charge < -0.3 is 14.2 Å². The van der Waals surface area contributed by atoms with Gasteiger partial charge in [0.25, 0.3) is 0 Å². The maximum absolute atomic E-state index is 11.1. The van der Waals surface area contributed by atoms with Gasteiger partial charge in [-0.2, -0.15) is 0 Å². The Kier molecular flexibility index (Phi) is 16.4. The Hall–Kier alpha value is -1.97. The minimum atomic E-state index is -0.0988. The molecule has 0 radical (unpaired) electrons. The van der Waals surface area contributed by atoms with Crippen LogP contribution in [0.5, 0.6) is 11.5 Å². The van der Waals surface area contributed by atoms with Gasteiger partial charge in [0.1, 0.15) is 6.10 Å². The lowest BCUT2D eigenvalue weighted by Crippen LogP contribution is -2.16. The zero-order valence-corrected chi connectivity index (χ0v) is 20.1. The first kappa shape index (κ1) is 27.1. The second-order valence-electron chi connectivity index (χ2n) is 8.06. The number of benzene rings is 1. The normalized spacial score (nSPS) is 12.1. The average molecular weight is 433 g/mol. The van der Waals surface area contributed by atoms with Crippen LogP contribution in [-0.2, 0) is 9.53 Å². The lowest BCUT2D eigenvalue weighted by Gasteiger charge is -2.20. The maximum atomic E-state index is 11.1. The Morgan fingerprint density at radius 3 is 2.35 bits per heavy atom. The second-order valence-corrected chi connectivity index (χ2v) is 8.06. The molecule has 0 spiro atoms. The third-order valence-electron chi connectivity index (χ3n) is 5.37. The molecule has 0 aliphatic carbocycles. The number of carbonyl (C=O) groups excluding carboxylic acids is 1. The summed E-state index contributed by atoms with van der Waals surface area (Å²) in [6.07, 6.45) is 19.1. The van der Waals surface area contributed by atoms with E-state index < -0.39 is 0 Å². The van der Waals surface area contributed by atoms with Gasteiger partial charge in [-0.1, -0.05) is 69.7 Å². The van der Waals surface area contributed by atoms with Crippen LogP contribution in [0.2, 0.25) is 0 Å². The summed E-state index contributed by atoms with van der Waals surface area (Å²) in [6, 6.07) is 7.98. The summed E-state index contributed by atoms with van der Waals surface area (Å²) < 4.78 is 16.8. The predicted octanol–water partition coefficient (Wildman–Crippen LogP) is 7.65. The Labute approximate surface area is 190 Å². The maximum Gasteiger partial charge on any atom is 0.305 e. The Morgan fingerprint density at radius 1 is 0.903 bits per heavy atom. The summed E-state index contributed by atoms with van der Waals surface area (Å²) in [6.45, 7) is 4.89. The van der Waals surface area contributed by atoms with Crippen molar-refractivity contribution >= 4 is 5.97 Å². The number of carbonyl (C=O) groups is 1. The number of para-hydroxylation sites is 2. The van der Waals surface area contributed by atoms with Crippen molar-refractivity contribution in [2.45, 2.75) is 103 Å². The highest BCUT2D eigenvalue weighted by molar-refractivity contribution is 5.68. The minimum absolute atomic E-state index is 0.0988. The van der Waals surface area contributed by atoms with E-state index in [9.17, 15) is 4.79 Å². The average Bonchev–Trinajstić information content (AvgIpc) is 2.78. The van der Waals surface area contributed by atoms with Crippen LogP contribution in [0.1, 0.15) is 97.3 Å². The minimum Gasteiger partial charge on any atom is -0.490 e. The van der Waals surface area contributed by atoms with Crippen LogP contribution >= 0.6 is 0 Å². The number of allylic oxidation sites excluding steroid dienone is 1. The number of esters is 1. The molecule has 0 saturated heterocycles. The molecule has 0 heterocycles. The summed E-state index contributed by atoms with van der Waals surface area (Å²) in [7, 11) is 1.45. The topological polar surface area (TPSA) is 44.8 Å². The van der Waals surface area contributed by atoms with Crippen molar-refractivity contribution in [2.24, 2.45) is 0 Å². The molecule has 0 fully saturated rings. The predicted molar refractivity (Wildman–Crippen MR) is 129 cm³/mol. The third-order valence-corrected chi connectivity index (χ3v) is 5.37. The monoisotopic (exact) mass is 432 g/mol. The van der Waals surface area contributed by atoms with E-state index in [1.54, 1.807) is 0 Å². The second kappa shape index (κ2) is 18.8. The molecule has 0 aliphatic heterocycles. The first-order valence-corrected chi connectivity index (χ1v) is 12.3. The summed E-state index contributed by atoms with van der Waals surface area (Å²) in [5, 5.41) is 0. The molecule has 4 heteroatoms. The van der Waals surface area contributed by atoms with Crippen molar-refractivity contribution in [2.75, 3.05) is 13.7 Å². The van der Waals surface area contributed by atoms with Crippen molar-refractivity contribution in [3.63, 3.8) is 0 Å². The fourth-order valence-electron chi connectivity index (χ4n) is 3.56. The Morgan fingerprint density at radius 2 is 1.61 bits per heavy atom. The number of hydrogen-bond acceptors (Lipinski definition) is 4. The van der Waals surface area contributed by atoms with E-state index in [0.29, 0.717) is 13.0 Å². The number of ether oxygens (including phenoxy) is 3. The molecule has 0 aliphatic rings. The van der Waals surface area contributed by atoms with Crippen LogP contribution < -0.4 is 9.47 Å². The van der Waals surface area contributed by atoms with Gasteiger partial charge in [0.2, 0.25) is 0 Å². The summed E-state index contributed by atoms with van der Waals surface area (Å²) in [5.41, 5.74) is 0. The van der Waals surface area contributed by atoms with Gasteiger partial charge in [-0.15, -0.1) is 0 Å². The number of methoxy groups -OCH3 is 1. The summed E-state index contributed by atoms with van der Waals surface area (Å²) in [4.78, 5) is 11.1. The molecule has 31 heavy (non-hydrogen) atoms. The van der Waals surface area contributed by atoms with E-state index >= 15 is 0 Å². The van der Waals surface area contributed by atoms with Crippen molar-refractivity contribution in [1.82, 2.24) is 0 Å². The van der Waals surface area contributed by atoms with Crippen molar-refractivity contribution in [3.8, 4) is 11.5 Å². The first-order chi connectivity index (χ1) is 15.2. The molecule has 0 N–H and O–H groups in total. The standard InChI is InChI=1S/C27H44O4/c1-4-6-7-14-19-24(31-26-22-18-17-21-25(26)30-5-2)20-15-12-10-8-9-11-13-16-23-27(28)29-3/h12,15,17-18,21-22,24H,4-11,13-14,16,19-20,23H2,1-3H3. The van der Waals surface area contributed by atoms with Gasteiger partial charge in [-0.25, -0.2) is 0 Å². The Bertz CT molecular complexity index is 597. The van der Waals surface area contributed by atoms with Gasteiger partial charge in [-0.3, -0.25) is 4.79 Å². The third kappa shape index (κ3) is 13.9. The Balaban J connectivity index is 2.36. The molecule has 176 valence electrons. The molecular weight excluding hydrogens is 388 g/mol. The van der Waals surface area contributed by atoms with Crippen LogP contribution in [0.15, 0.2) is 36.4 Å². The SMILES string of the molecule is CCCCCCC(CC=CCCCCCCCC(=O)OC)Oc1ccccc1OCC. The molecule has 0 bridgehead atoms. The van der Waals surface area contributed by atoms with Gasteiger partial charge in [0.15, 0.2) is 11.5 Å². The highest BCUT2D eigenvalue weighted by Crippen LogP contribution is 2.29. The van der Waals surface area contributed by atoms with Crippen LogP contribution in [0.4, 0.5) is 0 Å². The number of unbranched alkanes of at least 4 members (excludes halogenated alkanes) is 8. The lowest BCUT2D eigenvalue weighted by atomic mass is 10.1. The van der Waals surface area contributed by atoms with Gasteiger partial charge in [0, 0.05) is 12.8 Å². The molecule has 0 amide bonds. The van der Waals surface area contributed by atoms with E-state index in [4.69, 9.17) is 9.47 Å². The molecule has 1 atom stereocenters. The van der Waals surface area contributed by atoms with Crippen molar-refractivity contribution < 1.29 is 19.0 Å². The molecular formula is C27H44O4. The fourth-order valence-corrected chi connectivity index (χ4v) is 3.56. The van der Waals surface area contributed by atoms with E-state index in [-0.39, 0.29) is 12.1 Å². The van der Waals surface area contributed by atoms with Crippen LogP contribution in [-0.4, -0.2) is 25.8 Å². The van der Waals surface area contributed by atoms with E-state index in [0.717, 1.165) is 43.6 Å². The fraction of sp³-hybridized carbons (Fsp3) is 0.667. The molecule has 0 aromatic heterocycles. The smallest absolute Gasteiger partial charge is 0.305 e. The number of hydrogen-bond donors (Lipinski definition) is 0. The van der Waals surface area contributed by atoms with Crippen molar-refractivity contribution in [1.29, 1.82) is 0 Å². The van der Waals surface area contributed by atoms with E-state index in [2.05, 4.69) is 23.8 Å². The quantitative estimate of drug-likeness (QED) is 0.128. The van der Waals surface area contributed by atoms with Crippen LogP contribution in [0, 0.1) is 0 Å². The van der Waals surface area contributed by atoms with Gasteiger partial charge in [-0.05, 0) is 51.2 Å². The highest BCUT2D eigenvalue weighted by atomic mass is 16.5. The molecule has 1 rings (SSSR count). The number of rotatable bonds is 19. The zero-order valence-electron chi connectivity index (χ0n) is 20.1.